The zero-order valence-corrected chi connectivity index (χ0v) is 12.4. The number of hydrogen-bond donors (Lipinski definition) is 0. The minimum absolute atomic E-state index is 0.564. The summed E-state index contributed by atoms with van der Waals surface area (Å²) in [5, 5.41) is 9.01. The zero-order valence-electron chi connectivity index (χ0n) is 12.4. The van der Waals surface area contributed by atoms with E-state index in [4.69, 9.17) is 10.00 Å². The Labute approximate surface area is 125 Å². The van der Waals surface area contributed by atoms with Crippen molar-refractivity contribution in [2.24, 2.45) is 0 Å². The number of benzene rings is 1. The molecule has 0 atom stereocenters. The first kappa shape index (κ1) is 15.0. The van der Waals surface area contributed by atoms with Crippen molar-refractivity contribution in [2.75, 3.05) is 13.7 Å². The van der Waals surface area contributed by atoms with E-state index in [0.29, 0.717) is 11.3 Å². The molecule has 0 bridgehead atoms. The summed E-state index contributed by atoms with van der Waals surface area (Å²) in [5.74, 6) is 0.629. The molecule has 2 aromatic rings. The topological polar surface area (TPSA) is 49.2 Å². The van der Waals surface area contributed by atoms with Crippen LogP contribution in [0.15, 0.2) is 42.6 Å². The second-order valence-corrected chi connectivity index (χ2v) is 4.77. The second-order valence-electron chi connectivity index (χ2n) is 4.77. The van der Waals surface area contributed by atoms with Gasteiger partial charge in [-0.1, -0.05) is 19.1 Å². The van der Waals surface area contributed by atoms with Gasteiger partial charge in [-0.3, -0.25) is 9.88 Å². The summed E-state index contributed by atoms with van der Waals surface area (Å²) in [6, 6.07) is 13.8. The fraction of sp³-hybridized carbons (Fsp3) is 0.294. The first-order chi connectivity index (χ1) is 10.3. The Hall–Kier alpha value is -2.38. The van der Waals surface area contributed by atoms with Gasteiger partial charge in [0, 0.05) is 19.3 Å². The molecule has 2 rings (SSSR count). The lowest BCUT2D eigenvalue weighted by Crippen LogP contribution is -2.22. The number of rotatable bonds is 6. The first-order valence-corrected chi connectivity index (χ1v) is 6.96. The van der Waals surface area contributed by atoms with E-state index in [1.54, 1.807) is 7.11 Å². The molecule has 0 saturated carbocycles. The summed E-state index contributed by atoms with van der Waals surface area (Å²) in [5.41, 5.74) is 2.75. The van der Waals surface area contributed by atoms with E-state index in [2.05, 4.69) is 22.9 Å². The van der Waals surface area contributed by atoms with E-state index in [-0.39, 0.29) is 0 Å². The second kappa shape index (κ2) is 7.41. The molecule has 1 heterocycles. The fourth-order valence-electron chi connectivity index (χ4n) is 2.18. The van der Waals surface area contributed by atoms with E-state index >= 15 is 0 Å². The van der Waals surface area contributed by atoms with E-state index in [1.165, 1.54) is 0 Å². The monoisotopic (exact) mass is 281 g/mol. The molecule has 1 aromatic carbocycles. The maximum Gasteiger partial charge on any atom is 0.136 e. The van der Waals surface area contributed by atoms with Crippen molar-refractivity contribution >= 4 is 0 Å². The Balaban J connectivity index is 2.10. The third-order valence-corrected chi connectivity index (χ3v) is 3.35. The summed E-state index contributed by atoms with van der Waals surface area (Å²) in [6.45, 7) is 4.66. The summed E-state index contributed by atoms with van der Waals surface area (Å²) in [6.07, 6.45) is 1.81. The maximum atomic E-state index is 9.01. The fourth-order valence-corrected chi connectivity index (χ4v) is 2.18. The predicted octanol–water partition coefficient (Wildman–Crippen LogP) is 2.98. The van der Waals surface area contributed by atoms with E-state index in [9.17, 15) is 0 Å². The molecule has 21 heavy (non-hydrogen) atoms. The molecule has 0 saturated heterocycles. The average molecular weight is 281 g/mol. The molecule has 0 amide bonds. The molecule has 0 unspecified atom stereocenters. The number of pyridine rings is 1. The number of nitriles is 1. The molecule has 4 nitrogen and oxygen atoms in total. The van der Waals surface area contributed by atoms with E-state index < -0.39 is 0 Å². The highest BCUT2D eigenvalue weighted by molar-refractivity contribution is 5.45. The van der Waals surface area contributed by atoms with Gasteiger partial charge in [0.15, 0.2) is 0 Å². The van der Waals surface area contributed by atoms with Crippen molar-refractivity contribution in [3.63, 3.8) is 0 Å². The van der Waals surface area contributed by atoms with Gasteiger partial charge in [0.05, 0.1) is 18.4 Å². The Morgan fingerprint density at radius 2 is 2.10 bits per heavy atom. The van der Waals surface area contributed by atoms with Gasteiger partial charge in [-0.2, -0.15) is 5.26 Å². The molecular weight excluding hydrogens is 262 g/mol. The molecule has 0 radical (unpaired) electrons. The van der Waals surface area contributed by atoms with Gasteiger partial charge in [-0.15, -0.1) is 0 Å². The van der Waals surface area contributed by atoms with Gasteiger partial charge in [0.2, 0.25) is 0 Å². The van der Waals surface area contributed by atoms with Gasteiger partial charge in [-0.05, 0) is 36.4 Å². The largest absolute Gasteiger partial charge is 0.495 e. The van der Waals surface area contributed by atoms with Crippen LogP contribution in [-0.4, -0.2) is 23.5 Å². The minimum atomic E-state index is 0.564. The van der Waals surface area contributed by atoms with Crippen LogP contribution in [0, 0.1) is 11.3 Å². The Morgan fingerprint density at radius 1 is 1.24 bits per heavy atom. The molecular formula is C17H19N3O. The number of hydrogen-bond acceptors (Lipinski definition) is 4. The number of ether oxygens (including phenoxy) is 1. The smallest absolute Gasteiger partial charge is 0.136 e. The number of nitrogens with zero attached hydrogens (tertiary/aromatic N) is 3. The maximum absolute atomic E-state index is 9.01. The molecule has 0 N–H and O–H groups in total. The normalized spacial score (nSPS) is 10.4. The Morgan fingerprint density at radius 3 is 2.71 bits per heavy atom. The van der Waals surface area contributed by atoms with Gasteiger partial charge < -0.3 is 4.74 Å². The lowest BCUT2D eigenvalue weighted by molar-refractivity contribution is 0.267. The van der Waals surface area contributed by atoms with Crippen LogP contribution < -0.4 is 4.74 Å². The van der Waals surface area contributed by atoms with E-state index in [0.717, 1.165) is 30.9 Å². The molecule has 0 aliphatic carbocycles. The average Bonchev–Trinajstić information content (AvgIpc) is 2.55. The summed E-state index contributed by atoms with van der Waals surface area (Å²) >= 11 is 0. The van der Waals surface area contributed by atoms with Crippen LogP contribution >= 0.6 is 0 Å². The van der Waals surface area contributed by atoms with Crippen LogP contribution in [0.1, 0.15) is 23.7 Å². The molecule has 1 aromatic heterocycles. The molecule has 108 valence electrons. The SMILES string of the molecule is CCN(Cc1ccc(C#N)c(OC)c1)Cc1ccccn1. The van der Waals surface area contributed by atoms with Crippen LogP contribution in [-0.2, 0) is 13.1 Å². The van der Waals surface area contributed by atoms with Crippen molar-refractivity contribution < 1.29 is 4.74 Å². The lowest BCUT2D eigenvalue weighted by Gasteiger charge is -2.20. The highest BCUT2D eigenvalue weighted by Crippen LogP contribution is 2.20. The van der Waals surface area contributed by atoms with Crippen LogP contribution in [0.4, 0.5) is 0 Å². The van der Waals surface area contributed by atoms with Crippen molar-refractivity contribution in [1.82, 2.24) is 9.88 Å². The molecule has 4 heteroatoms. The van der Waals surface area contributed by atoms with Crippen molar-refractivity contribution in [3.05, 3.63) is 59.4 Å². The van der Waals surface area contributed by atoms with Crippen molar-refractivity contribution in [3.8, 4) is 11.8 Å². The van der Waals surface area contributed by atoms with Crippen molar-refractivity contribution in [2.45, 2.75) is 20.0 Å². The lowest BCUT2D eigenvalue weighted by atomic mass is 10.1. The summed E-state index contributed by atoms with van der Waals surface area (Å²) < 4.78 is 5.26. The van der Waals surface area contributed by atoms with Crippen molar-refractivity contribution in [1.29, 1.82) is 5.26 Å². The first-order valence-electron chi connectivity index (χ1n) is 6.96. The summed E-state index contributed by atoms with van der Waals surface area (Å²) in [4.78, 5) is 6.65. The third-order valence-electron chi connectivity index (χ3n) is 3.35. The minimum Gasteiger partial charge on any atom is -0.495 e. The Bertz CT molecular complexity index is 620. The summed E-state index contributed by atoms with van der Waals surface area (Å²) in [7, 11) is 1.59. The van der Waals surface area contributed by atoms with Gasteiger partial charge in [0.25, 0.3) is 0 Å². The molecule has 0 aliphatic rings. The van der Waals surface area contributed by atoms with Crippen LogP contribution in [0.5, 0.6) is 5.75 Å². The number of aromatic nitrogens is 1. The number of methoxy groups -OCH3 is 1. The highest BCUT2D eigenvalue weighted by Gasteiger charge is 2.08. The Kier molecular flexibility index (Phi) is 5.30. The van der Waals surface area contributed by atoms with Crippen LogP contribution in [0.3, 0.4) is 0 Å². The molecule has 0 fully saturated rings. The quantitative estimate of drug-likeness (QED) is 0.816. The predicted molar refractivity (Wildman–Crippen MR) is 81.7 cm³/mol. The highest BCUT2D eigenvalue weighted by atomic mass is 16.5. The third kappa shape index (κ3) is 4.04. The van der Waals surface area contributed by atoms with Crippen LogP contribution in [0.2, 0.25) is 0 Å². The van der Waals surface area contributed by atoms with Crippen LogP contribution in [0.25, 0.3) is 0 Å². The van der Waals surface area contributed by atoms with Gasteiger partial charge in [0.1, 0.15) is 11.8 Å². The molecule has 0 spiro atoms. The standard InChI is InChI=1S/C17H19N3O/c1-3-20(13-16-6-4-5-9-19-16)12-14-7-8-15(11-18)17(10-14)21-2/h4-10H,3,12-13H2,1-2H3. The molecule has 0 aliphatic heterocycles. The van der Waals surface area contributed by atoms with Gasteiger partial charge >= 0.3 is 0 Å². The zero-order chi connectivity index (χ0) is 15.1. The van der Waals surface area contributed by atoms with Gasteiger partial charge in [-0.25, -0.2) is 0 Å². The van der Waals surface area contributed by atoms with E-state index in [1.807, 2.05) is 42.6 Å².